The molecule has 0 saturated carbocycles. The Kier molecular flexibility index (Phi) is 12.5. The molecule has 0 aliphatic carbocycles. The van der Waals surface area contributed by atoms with Crippen LogP contribution in [-0.2, 0) is 35.8 Å². The molecule has 0 aromatic heterocycles. The van der Waals surface area contributed by atoms with E-state index in [1.54, 1.807) is 0 Å². The Morgan fingerprint density at radius 3 is 2.19 bits per heavy atom. The molecule has 3 heterocycles. The van der Waals surface area contributed by atoms with E-state index in [1.165, 1.54) is 0 Å². The Hall–Kier alpha value is -4.25. The Balaban J connectivity index is 0.000000488. The van der Waals surface area contributed by atoms with Crippen molar-refractivity contribution in [1.82, 2.24) is 15.5 Å². The molecule has 11 nitrogen and oxygen atoms in total. The van der Waals surface area contributed by atoms with Crippen molar-refractivity contribution in [2.75, 3.05) is 31.1 Å². The molecular weight excluding hydrogens is 600 g/mol. The van der Waals surface area contributed by atoms with Crippen molar-refractivity contribution >= 4 is 35.3 Å². The van der Waals surface area contributed by atoms with Gasteiger partial charge >= 0.3 is 11.9 Å². The number of fused-ring (bicyclic) bond motifs is 1. The number of hydrogen-bond acceptors (Lipinski definition) is 6. The highest BCUT2D eigenvalue weighted by molar-refractivity contribution is 6.08. The van der Waals surface area contributed by atoms with Crippen LogP contribution in [0.1, 0.15) is 76.3 Å². The number of aryl methyl sites for hydroxylation is 1. The van der Waals surface area contributed by atoms with Crippen LogP contribution < -0.4 is 15.5 Å². The number of para-hydroxylation sites is 1. The zero-order valence-corrected chi connectivity index (χ0v) is 27.5. The van der Waals surface area contributed by atoms with Crippen LogP contribution in [0.4, 0.5) is 5.69 Å². The van der Waals surface area contributed by atoms with Crippen LogP contribution in [0.2, 0.25) is 0 Å². The van der Waals surface area contributed by atoms with Gasteiger partial charge in [-0.1, -0.05) is 48.5 Å². The van der Waals surface area contributed by atoms with Crippen molar-refractivity contribution in [3.8, 4) is 0 Å². The summed E-state index contributed by atoms with van der Waals surface area (Å²) in [4.78, 5) is 63.7. The van der Waals surface area contributed by atoms with Crippen LogP contribution in [0.5, 0.6) is 0 Å². The van der Waals surface area contributed by atoms with Gasteiger partial charge in [0.05, 0.1) is 11.3 Å². The number of hydrogen-bond donors (Lipinski definition) is 4. The van der Waals surface area contributed by atoms with E-state index in [0.29, 0.717) is 26.1 Å². The quantitative estimate of drug-likeness (QED) is 0.287. The van der Waals surface area contributed by atoms with E-state index in [0.717, 1.165) is 55.5 Å². The van der Waals surface area contributed by atoms with Crippen LogP contribution in [0.25, 0.3) is 0 Å². The fourth-order valence-electron chi connectivity index (χ4n) is 6.63. The molecule has 0 unspecified atom stereocenters. The molecule has 2 aromatic rings. The standard InChI is InChI=1S/C31H40N4O3.C5H8O4/c1-31(2)25-12-6-7-13-27(25)35(30(31)38)24-16-19-34(20-17-24)29(37)26(15-14-22-9-4-3-5-10-22)33-28(36)23-11-8-18-32-21-23;6-4(7)2-1-3-5(8)9/h3-7,9-10,12-13,23-24,26,32H,8,11,14-21H2,1-2H3,(H,33,36);1-3H2,(H,6,7)(H,8,9)/t23-,26+;/m1./s1. The average molecular weight is 649 g/mol. The number of likely N-dealkylation sites (tertiary alicyclic amines) is 1. The number of rotatable bonds is 11. The van der Waals surface area contributed by atoms with E-state index in [1.807, 2.05) is 66.1 Å². The Morgan fingerprint density at radius 2 is 1.57 bits per heavy atom. The molecule has 254 valence electrons. The van der Waals surface area contributed by atoms with Gasteiger partial charge in [0.15, 0.2) is 0 Å². The van der Waals surface area contributed by atoms with Crippen LogP contribution in [0.15, 0.2) is 54.6 Å². The SMILES string of the molecule is CC1(C)C(=O)N(C2CCN(C(=O)[C@H](CCc3ccccc3)NC(=O)[C@@H]3CCCNC3)CC2)c2ccccc21.O=C(O)CCCC(=O)O. The van der Waals surface area contributed by atoms with Crippen molar-refractivity contribution in [3.05, 3.63) is 65.7 Å². The number of anilines is 1. The molecule has 0 radical (unpaired) electrons. The predicted molar refractivity (Wildman–Crippen MR) is 178 cm³/mol. The smallest absolute Gasteiger partial charge is 0.303 e. The molecule has 2 aromatic carbocycles. The molecule has 5 rings (SSSR count). The number of benzene rings is 2. The van der Waals surface area contributed by atoms with Gasteiger partial charge in [0.25, 0.3) is 0 Å². The highest BCUT2D eigenvalue weighted by Gasteiger charge is 2.47. The van der Waals surface area contributed by atoms with E-state index in [9.17, 15) is 24.0 Å². The first kappa shape index (κ1) is 35.6. The van der Waals surface area contributed by atoms with Crippen molar-refractivity contribution < 1.29 is 34.2 Å². The first-order valence-corrected chi connectivity index (χ1v) is 16.7. The lowest BCUT2D eigenvalue weighted by atomic mass is 9.86. The summed E-state index contributed by atoms with van der Waals surface area (Å²) < 4.78 is 0. The van der Waals surface area contributed by atoms with Crippen LogP contribution in [0, 0.1) is 5.92 Å². The van der Waals surface area contributed by atoms with Gasteiger partial charge in [-0.2, -0.15) is 0 Å². The molecule has 0 spiro atoms. The maximum atomic E-state index is 13.7. The zero-order valence-electron chi connectivity index (χ0n) is 27.5. The Morgan fingerprint density at radius 1 is 0.936 bits per heavy atom. The second kappa shape index (κ2) is 16.5. The van der Waals surface area contributed by atoms with Crippen molar-refractivity contribution in [2.24, 2.45) is 5.92 Å². The van der Waals surface area contributed by atoms with Gasteiger partial charge in [-0.15, -0.1) is 0 Å². The molecule has 2 saturated heterocycles. The third-order valence-corrected chi connectivity index (χ3v) is 9.36. The zero-order chi connectivity index (χ0) is 34.0. The number of carbonyl (C=O) groups excluding carboxylic acids is 3. The topological polar surface area (TPSA) is 156 Å². The number of carbonyl (C=O) groups is 5. The molecular formula is C36H48N4O7. The Labute approximate surface area is 276 Å². The molecule has 3 aliphatic heterocycles. The van der Waals surface area contributed by atoms with E-state index < -0.39 is 23.4 Å². The minimum atomic E-state index is -0.948. The summed E-state index contributed by atoms with van der Waals surface area (Å²) >= 11 is 0. The summed E-state index contributed by atoms with van der Waals surface area (Å²) in [6.07, 6.45) is 4.67. The molecule has 11 heteroatoms. The summed E-state index contributed by atoms with van der Waals surface area (Å²) in [7, 11) is 0. The average Bonchev–Trinajstić information content (AvgIpc) is 3.27. The minimum absolute atomic E-state index is 0.00928. The number of carboxylic acid groups (broad SMARTS) is 2. The van der Waals surface area contributed by atoms with Crippen molar-refractivity contribution in [1.29, 1.82) is 0 Å². The van der Waals surface area contributed by atoms with E-state index in [2.05, 4.69) is 22.8 Å². The van der Waals surface area contributed by atoms with Gasteiger partial charge in [-0.05, 0) is 82.5 Å². The van der Waals surface area contributed by atoms with Gasteiger partial charge in [0.2, 0.25) is 17.7 Å². The fourth-order valence-corrected chi connectivity index (χ4v) is 6.63. The second-order valence-corrected chi connectivity index (χ2v) is 13.1. The van der Waals surface area contributed by atoms with Gasteiger partial charge in [0.1, 0.15) is 6.04 Å². The van der Waals surface area contributed by atoms with Gasteiger partial charge in [-0.25, -0.2) is 0 Å². The largest absolute Gasteiger partial charge is 0.481 e. The number of nitrogens with zero attached hydrogens (tertiary/aromatic N) is 2. The van der Waals surface area contributed by atoms with Gasteiger partial charge in [0, 0.05) is 44.2 Å². The number of carboxylic acids is 2. The molecule has 4 N–H and O–H groups in total. The lowest BCUT2D eigenvalue weighted by molar-refractivity contribution is -0.139. The maximum absolute atomic E-state index is 13.7. The molecule has 3 amide bonds. The summed E-state index contributed by atoms with van der Waals surface area (Å²) in [5.74, 6) is -1.89. The fraction of sp³-hybridized carbons (Fsp3) is 0.528. The monoisotopic (exact) mass is 648 g/mol. The third-order valence-electron chi connectivity index (χ3n) is 9.36. The molecule has 2 atom stereocenters. The lowest BCUT2D eigenvalue weighted by Crippen LogP contribution is -2.55. The minimum Gasteiger partial charge on any atom is -0.481 e. The van der Waals surface area contributed by atoms with Crippen LogP contribution in [0.3, 0.4) is 0 Å². The molecule has 47 heavy (non-hydrogen) atoms. The van der Waals surface area contributed by atoms with Crippen LogP contribution >= 0.6 is 0 Å². The lowest BCUT2D eigenvalue weighted by Gasteiger charge is -2.39. The number of aliphatic carboxylic acids is 2. The van der Waals surface area contributed by atoms with Gasteiger partial charge < -0.3 is 30.6 Å². The number of piperidine rings is 2. The van der Waals surface area contributed by atoms with Gasteiger partial charge in [-0.3, -0.25) is 24.0 Å². The van der Waals surface area contributed by atoms with Crippen molar-refractivity contribution in [3.63, 3.8) is 0 Å². The van der Waals surface area contributed by atoms with E-state index in [4.69, 9.17) is 10.2 Å². The van der Waals surface area contributed by atoms with Crippen molar-refractivity contribution in [2.45, 2.75) is 89.1 Å². The van der Waals surface area contributed by atoms with E-state index >= 15 is 0 Å². The molecule has 2 fully saturated rings. The number of nitrogens with one attached hydrogen (secondary N) is 2. The number of amides is 3. The third kappa shape index (κ3) is 9.41. The maximum Gasteiger partial charge on any atom is 0.303 e. The summed E-state index contributed by atoms with van der Waals surface area (Å²) in [6.45, 7) is 6.76. The molecule has 3 aliphatic rings. The summed E-state index contributed by atoms with van der Waals surface area (Å²) in [5, 5.41) is 22.5. The van der Waals surface area contributed by atoms with Crippen LogP contribution in [-0.4, -0.2) is 83.0 Å². The summed E-state index contributed by atoms with van der Waals surface area (Å²) in [5.41, 5.74) is 2.70. The summed E-state index contributed by atoms with van der Waals surface area (Å²) in [6, 6.07) is 17.7. The predicted octanol–water partition coefficient (Wildman–Crippen LogP) is 3.74. The highest BCUT2D eigenvalue weighted by Crippen LogP contribution is 2.43. The molecule has 0 bridgehead atoms. The highest BCUT2D eigenvalue weighted by atomic mass is 16.4. The van der Waals surface area contributed by atoms with E-state index in [-0.39, 0.29) is 48.9 Å². The second-order valence-electron chi connectivity index (χ2n) is 13.1. The first-order chi connectivity index (χ1) is 22.5. The Bertz CT molecular complexity index is 1390. The normalized spacial score (nSPS) is 19.6. The first-order valence-electron chi connectivity index (χ1n) is 16.7.